The van der Waals surface area contributed by atoms with Crippen molar-refractivity contribution in [3.8, 4) is 11.5 Å². The van der Waals surface area contributed by atoms with Crippen LogP contribution in [0.4, 0.5) is 5.69 Å². The third-order valence-electron chi connectivity index (χ3n) is 4.22. The molecule has 7 heteroatoms. The first-order chi connectivity index (χ1) is 14.1. The van der Waals surface area contributed by atoms with Crippen molar-refractivity contribution < 1.29 is 23.8 Å². The lowest BCUT2D eigenvalue weighted by molar-refractivity contribution is -0.122. The summed E-state index contributed by atoms with van der Waals surface area (Å²) >= 11 is 0. The Balaban J connectivity index is 2.05. The van der Waals surface area contributed by atoms with Gasteiger partial charge in [0.05, 0.1) is 18.4 Å². The maximum absolute atomic E-state index is 12.8. The highest BCUT2D eigenvalue weighted by Gasteiger charge is 2.21. The monoisotopic (exact) mass is 400 g/mol. The van der Waals surface area contributed by atoms with Crippen LogP contribution in [0.25, 0.3) is 0 Å². The number of methoxy groups -OCH3 is 2. The average Bonchev–Trinajstić information content (AvgIpc) is 2.75. The highest BCUT2D eigenvalue weighted by molar-refractivity contribution is 6.04. The fourth-order valence-corrected chi connectivity index (χ4v) is 2.68. The van der Waals surface area contributed by atoms with Gasteiger partial charge >= 0.3 is 0 Å². The van der Waals surface area contributed by atoms with Crippen LogP contribution in [0, 0.1) is 0 Å². The second-order valence-corrected chi connectivity index (χ2v) is 6.33. The van der Waals surface area contributed by atoms with E-state index in [4.69, 9.17) is 14.2 Å². The van der Waals surface area contributed by atoms with Gasteiger partial charge in [0.1, 0.15) is 11.5 Å². The maximum Gasteiger partial charge on any atom is 0.265 e. The van der Waals surface area contributed by atoms with E-state index in [1.165, 1.54) is 0 Å². The molecule has 2 amide bonds. The van der Waals surface area contributed by atoms with Crippen molar-refractivity contribution in [3.63, 3.8) is 0 Å². The van der Waals surface area contributed by atoms with Crippen LogP contribution in [0.15, 0.2) is 48.5 Å². The van der Waals surface area contributed by atoms with Crippen molar-refractivity contribution >= 4 is 17.5 Å². The molecule has 0 unspecified atom stereocenters. The number of hydrogen-bond donors (Lipinski definition) is 2. The Hall–Kier alpha value is -3.06. The second-order valence-electron chi connectivity index (χ2n) is 6.33. The molecule has 7 nitrogen and oxygen atoms in total. The summed E-state index contributed by atoms with van der Waals surface area (Å²) in [5.74, 6) is 0.609. The van der Waals surface area contributed by atoms with Crippen molar-refractivity contribution in [2.75, 3.05) is 32.7 Å². The minimum absolute atomic E-state index is 0.251. The van der Waals surface area contributed by atoms with E-state index in [0.717, 1.165) is 0 Å². The Bertz CT molecular complexity index is 809. The largest absolute Gasteiger partial charge is 0.497 e. The van der Waals surface area contributed by atoms with Gasteiger partial charge in [-0.05, 0) is 37.1 Å². The molecular weight excluding hydrogens is 372 g/mol. The summed E-state index contributed by atoms with van der Waals surface area (Å²) in [7, 11) is 3.19. The molecule has 156 valence electrons. The predicted octanol–water partition coefficient (Wildman–Crippen LogP) is 3.26. The minimum atomic E-state index is -0.708. The van der Waals surface area contributed by atoms with E-state index in [0.29, 0.717) is 48.7 Å². The summed E-state index contributed by atoms with van der Waals surface area (Å²) in [6.07, 6.45) is 0.470. The van der Waals surface area contributed by atoms with Crippen LogP contribution in [-0.2, 0) is 9.53 Å². The molecule has 2 aromatic carbocycles. The smallest absolute Gasteiger partial charge is 0.265 e. The Morgan fingerprint density at radius 2 is 1.79 bits per heavy atom. The maximum atomic E-state index is 12.8. The Kier molecular flexibility index (Phi) is 8.98. The SMILES string of the molecule is CC[C@@H](Oc1cccc(OC)c1)C(=O)Nc1ccccc1C(=O)NCCCOC. The summed E-state index contributed by atoms with van der Waals surface area (Å²) in [6.45, 7) is 2.92. The lowest BCUT2D eigenvalue weighted by Gasteiger charge is -2.19. The molecule has 2 N–H and O–H groups in total. The molecular formula is C22H28N2O5. The minimum Gasteiger partial charge on any atom is -0.497 e. The van der Waals surface area contributed by atoms with Crippen LogP contribution in [-0.4, -0.2) is 45.3 Å². The average molecular weight is 400 g/mol. The van der Waals surface area contributed by atoms with Gasteiger partial charge in [-0.1, -0.05) is 25.1 Å². The predicted molar refractivity (Wildman–Crippen MR) is 112 cm³/mol. The highest BCUT2D eigenvalue weighted by Crippen LogP contribution is 2.22. The van der Waals surface area contributed by atoms with Gasteiger partial charge in [0.25, 0.3) is 11.8 Å². The van der Waals surface area contributed by atoms with Crippen LogP contribution in [0.2, 0.25) is 0 Å². The van der Waals surface area contributed by atoms with Crippen LogP contribution < -0.4 is 20.1 Å². The quantitative estimate of drug-likeness (QED) is 0.566. The van der Waals surface area contributed by atoms with Crippen molar-refractivity contribution in [1.82, 2.24) is 5.32 Å². The van der Waals surface area contributed by atoms with Crippen LogP contribution in [0.3, 0.4) is 0 Å². The molecule has 0 aliphatic rings. The molecule has 1 atom stereocenters. The summed E-state index contributed by atoms with van der Waals surface area (Å²) < 4.78 is 16.0. The molecule has 29 heavy (non-hydrogen) atoms. The van der Waals surface area contributed by atoms with Crippen molar-refractivity contribution in [1.29, 1.82) is 0 Å². The fraction of sp³-hybridized carbons (Fsp3) is 0.364. The Morgan fingerprint density at radius 3 is 2.52 bits per heavy atom. The number of ether oxygens (including phenoxy) is 3. The number of hydrogen-bond acceptors (Lipinski definition) is 5. The molecule has 2 aromatic rings. The first-order valence-electron chi connectivity index (χ1n) is 9.56. The number of benzene rings is 2. The van der Waals surface area contributed by atoms with Crippen molar-refractivity contribution in [3.05, 3.63) is 54.1 Å². The topological polar surface area (TPSA) is 85.9 Å². The third-order valence-corrected chi connectivity index (χ3v) is 4.22. The van der Waals surface area contributed by atoms with E-state index in [9.17, 15) is 9.59 Å². The first-order valence-corrected chi connectivity index (χ1v) is 9.56. The second kappa shape index (κ2) is 11.7. The van der Waals surface area contributed by atoms with Crippen LogP contribution in [0.5, 0.6) is 11.5 Å². The van der Waals surface area contributed by atoms with E-state index in [1.54, 1.807) is 62.8 Å². The fourth-order valence-electron chi connectivity index (χ4n) is 2.68. The summed E-state index contributed by atoms with van der Waals surface area (Å²) in [4.78, 5) is 25.2. The van der Waals surface area contributed by atoms with Crippen LogP contribution >= 0.6 is 0 Å². The normalized spacial score (nSPS) is 11.4. The van der Waals surface area contributed by atoms with Gasteiger partial charge in [-0.25, -0.2) is 0 Å². The van der Waals surface area contributed by atoms with Gasteiger partial charge in [-0.3, -0.25) is 9.59 Å². The molecule has 0 saturated heterocycles. The van der Waals surface area contributed by atoms with Gasteiger partial charge in [0, 0.05) is 26.3 Å². The summed E-state index contributed by atoms with van der Waals surface area (Å²) in [6, 6.07) is 14.0. The van der Waals surface area contributed by atoms with E-state index in [1.807, 2.05) is 6.92 Å². The first kappa shape index (κ1) is 22.2. The van der Waals surface area contributed by atoms with E-state index in [-0.39, 0.29) is 11.8 Å². The molecule has 2 rings (SSSR count). The number of carbonyl (C=O) groups is 2. The number of nitrogens with one attached hydrogen (secondary N) is 2. The van der Waals surface area contributed by atoms with Crippen molar-refractivity contribution in [2.45, 2.75) is 25.9 Å². The lowest BCUT2D eigenvalue weighted by atomic mass is 10.1. The number of amides is 2. The lowest BCUT2D eigenvalue weighted by Crippen LogP contribution is -2.33. The molecule has 0 bridgehead atoms. The number of rotatable bonds is 11. The molecule has 0 fully saturated rings. The van der Waals surface area contributed by atoms with Gasteiger partial charge in [0.2, 0.25) is 0 Å². The zero-order valence-corrected chi connectivity index (χ0v) is 17.1. The molecule has 0 aromatic heterocycles. The molecule has 0 spiro atoms. The Labute approximate surface area is 171 Å². The number of para-hydroxylation sites is 1. The standard InChI is InChI=1S/C22H28N2O5/c1-4-20(29-17-10-7-9-16(15-17)28-3)22(26)24-19-12-6-5-11-18(19)21(25)23-13-8-14-27-2/h5-7,9-12,15,20H,4,8,13-14H2,1-3H3,(H,23,25)(H,24,26)/t20-/m1/s1. The molecule has 0 aliphatic carbocycles. The third kappa shape index (κ3) is 6.80. The molecule has 0 saturated carbocycles. The van der Waals surface area contributed by atoms with Gasteiger partial charge in [0.15, 0.2) is 6.10 Å². The number of carbonyl (C=O) groups excluding carboxylic acids is 2. The van der Waals surface area contributed by atoms with E-state index in [2.05, 4.69) is 10.6 Å². The van der Waals surface area contributed by atoms with Crippen molar-refractivity contribution in [2.24, 2.45) is 0 Å². The zero-order valence-electron chi connectivity index (χ0n) is 17.1. The molecule has 0 radical (unpaired) electrons. The molecule has 0 heterocycles. The van der Waals surface area contributed by atoms with E-state index < -0.39 is 6.10 Å². The van der Waals surface area contributed by atoms with E-state index >= 15 is 0 Å². The Morgan fingerprint density at radius 1 is 1.03 bits per heavy atom. The number of anilines is 1. The van der Waals surface area contributed by atoms with Gasteiger partial charge in [-0.15, -0.1) is 0 Å². The summed E-state index contributed by atoms with van der Waals surface area (Å²) in [5, 5.41) is 5.64. The van der Waals surface area contributed by atoms with Gasteiger partial charge < -0.3 is 24.8 Å². The van der Waals surface area contributed by atoms with Crippen LogP contribution in [0.1, 0.15) is 30.1 Å². The molecule has 0 aliphatic heterocycles. The van der Waals surface area contributed by atoms with Gasteiger partial charge in [-0.2, -0.15) is 0 Å². The zero-order chi connectivity index (χ0) is 21.1. The summed E-state index contributed by atoms with van der Waals surface area (Å²) in [5.41, 5.74) is 0.837. The highest BCUT2D eigenvalue weighted by atomic mass is 16.5.